The second-order valence-electron chi connectivity index (χ2n) is 3.63. The maximum absolute atomic E-state index is 13.2. The Labute approximate surface area is 93.7 Å². The van der Waals surface area contributed by atoms with Crippen LogP contribution in [0.3, 0.4) is 0 Å². The lowest BCUT2D eigenvalue weighted by Gasteiger charge is -2.13. The monoisotopic (exact) mass is 227 g/mol. The van der Waals surface area contributed by atoms with Gasteiger partial charge < -0.3 is 5.32 Å². The largest absolute Gasteiger partial charge is 0.323 e. The van der Waals surface area contributed by atoms with Crippen LogP contribution in [0.4, 0.5) is 14.5 Å². The topological polar surface area (TPSA) is 29.1 Å². The third kappa shape index (κ3) is 3.02. The van der Waals surface area contributed by atoms with Gasteiger partial charge in [-0.3, -0.25) is 4.79 Å². The lowest BCUT2D eigenvalue weighted by molar-refractivity contribution is -0.120. The molecule has 16 heavy (non-hydrogen) atoms. The van der Waals surface area contributed by atoms with Crippen LogP contribution in [0, 0.1) is 17.6 Å². The second kappa shape index (κ2) is 5.58. The highest BCUT2D eigenvalue weighted by atomic mass is 19.1. The second-order valence-corrected chi connectivity index (χ2v) is 3.63. The Kier molecular flexibility index (Phi) is 4.40. The molecule has 1 amide bonds. The lowest BCUT2D eigenvalue weighted by atomic mass is 10.0. The molecule has 4 heteroatoms. The number of nitrogens with one attached hydrogen (secondary N) is 1. The zero-order chi connectivity index (χ0) is 12.1. The van der Waals surface area contributed by atoms with Crippen molar-refractivity contribution in [2.75, 3.05) is 5.32 Å². The Balaban J connectivity index is 2.80. The van der Waals surface area contributed by atoms with E-state index in [1.165, 1.54) is 0 Å². The first-order valence-electron chi connectivity index (χ1n) is 5.34. The summed E-state index contributed by atoms with van der Waals surface area (Å²) >= 11 is 0. The Hall–Kier alpha value is -1.45. The molecule has 0 bridgehead atoms. The van der Waals surface area contributed by atoms with Crippen LogP contribution in [0.2, 0.25) is 0 Å². The number of hydrogen-bond acceptors (Lipinski definition) is 1. The van der Waals surface area contributed by atoms with Gasteiger partial charge >= 0.3 is 0 Å². The van der Waals surface area contributed by atoms with Gasteiger partial charge in [0.25, 0.3) is 0 Å². The molecule has 0 aliphatic rings. The summed E-state index contributed by atoms with van der Waals surface area (Å²) in [4.78, 5) is 11.6. The molecule has 2 nitrogen and oxygen atoms in total. The Morgan fingerprint density at radius 3 is 2.50 bits per heavy atom. The molecular weight excluding hydrogens is 212 g/mol. The summed E-state index contributed by atoms with van der Waals surface area (Å²) in [7, 11) is 0. The van der Waals surface area contributed by atoms with Crippen LogP contribution in [0.1, 0.15) is 26.7 Å². The summed E-state index contributed by atoms with van der Waals surface area (Å²) in [5, 5.41) is 2.40. The molecule has 0 aliphatic heterocycles. The minimum atomic E-state index is -0.624. The Bertz CT molecular complexity index is 375. The first-order chi connectivity index (χ1) is 7.58. The molecule has 0 aromatic heterocycles. The van der Waals surface area contributed by atoms with Crippen LogP contribution < -0.4 is 5.32 Å². The van der Waals surface area contributed by atoms with Crippen molar-refractivity contribution in [1.29, 1.82) is 0 Å². The SMILES string of the molecule is CCC(CC)C(=O)Nc1cc(F)ccc1F. The van der Waals surface area contributed by atoms with Gasteiger partial charge in [-0.2, -0.15) is 0 Å². The van der Waals surface area contributed by atoms with Crippen molar-refractivity contribution in [3.8, 4) is 0 Å². The molecule has 0 saturated heterocycles. The molecule has 1 aromatic carbocycles. The molecule has 0 saturated carbocycles. The molecule has 0 fully saturated rings. The zero-order valence-electron chi connectivity index (χ0n) is 9.39. The van der Waals surface area contributed by atoms with Gasteiger partial charge in [0.15, 0.2) is 0 Å². The average molecular weight is 227 g/mol. The van der Waals surface area contributed by atoms with Crippen LogP contribution in [0.15, 0.2) is 18.2 Å². The van der Waals surface area contributed by atoms with Gasteiger partial charge in [0.2, 0.25) is 5.91 Å². The van der Waals surface area contributed by atoms with Crippen molar-refractivity contribution >= 4 is 11.6 Å². The van der Waals surface area contributed by atoms with Crippen molar-refractivity contribution in [3.05, 3.63) is 29.8 Å². The molecule has 0 radical (unpaired) electrons. The highest BCUT2D eigenvalue weighted by Crippen LogP contribution is 2.17. The fraction of sp³-hybridized carbons (Fsp3) is 0.417. The number of anilines is 1. The predicted octanol–water partition coefficient (Wildman–Crippen LogP) is 3.34. The van der Waals surface area contributed by atoms with Crippen LogP contribution in [0.25, 0.3) is 0 Å². The van der Waals surface area contributed by atoms with Gasteiger partial charge in [0, 0.05) is 12.0 Å². The van der Waals surface area contributed by atoms with E-state index in [1.54, 1.807) is 0 Å². The normalized spacial score (nSPS) is 10.6. The first kappa shape index (κ1) is 12.6. The van der Waals surface area contributed by atoms with Crippen LogP contribution in [-0.2, 0) is 4.79 Å². The minimum Gasteiger partial charge on any atom is -0.323 e. The zero-order valence-corrected chi connectivity index (χ0v) is 9.39. The van der Waals surface area contributed by atoms with E-state index in [4.69, 9.17) is 0 Å². The van der Waals surface area contributed by atoms with Crippen molar-refractivity contribution in [2.45, 2.75) is 26.7 Å². The summed E-state index contributed by atoms with van der Waals surface area (Å²) in [6, 6.07) is 3.00. The number of carbonyl (C=O) groups excluding carboxylic acids is 1. The average Bonchev–Trinajstić information content (AvgIpc) is 2.25. The summed E-state index contributed by atoms with van der Waals surface area (Å²) in [5.41, 5.74) is -0.100. The molecule has 88 valence electrons. The van der Waals surface area contributed by atoms with E-state index in [0.29, 0.717) is 12.8 Å². The molecule has 0 atom stereocenters. The Morgan fingerprint density at radius 2 is 1.94 bits per heavy atom. The van der Waals surface area contributed by atoms with Crippen LogP contribution in [-0.4, -0.2) is 5.91 Å². The summed E-state index contributed by atoms with van der Waals surface area (Å²) < 4.78 is 26.1. The van der Waals surface area contributed by atoms with Gasteiger partial charge in [-0.15, -0.1) is 0 Å². The third-order valence-electron chi connectivity index (χ3n) is 2.54. The van der Waals surface area contributed by atoms with E-state index < -0.39 is 11.6 Å². The van der Waals surface area contributed by atoms with E-state index in [2.05, 4.69) is 5.32 Å². The van der Waals surface area contributed by atoms with Crippen molar-refractivity contribution in [3.63, 3.8) is 0 Å². The molecule has 1 rings (SSSR count). The molecule has 0 heterocycles. The summed E-state index contributed by atoms with van der Waals surface area (Å²) in [6.07, 6.45) is 1.36. The lowest BCUT2D eigenvalue weighted by Crippen LogP contribution is -2.22. The van der Waals surface area contributed by atoms with E-state index in [9.17, 15) is 13.6 Å². The van der Waals surface area contributed by atoms with E-state index in [0.717, 1.165) is 18.2 Å². The molecule has 1 N–H and O–H groups in total. The minimum absolute atomic E-state index is 0.100. The number of halogens is 2. The van der Waals surface area contributed by atoms with Crippen LogP contribution >= 0.6 is 0 Å². The number of amides is 1. The van der Waals surface area contributed by atoms with E-state index in [-0.39, 0.29) is 17.5 Å². The summed E-state index contributed by atoms with van der Waals surface area (Å²) in [5.74, 6) is -1.63. The number of rotatable bonds is 4. The molecule has 0 aliphatic carbocycles. The first-order valence-corrected chi connectivity index (χ1v) is 5.34. The van der Waals surface area contributed by atoms with Crippen molar-refractivity contribution < 1.29 is 13.6 Å². The van der Waals surface area contributed by atoms with Crippen molar-refractivity contribution in [2.24, 2.45) is 5.92 Å². The third-order valence-corrected chi connectivity index (χ3v) is 2.54. The van der Waals surface area contributed by atoms with Crippen LogP contribution in [0.5, 0.6) is 0 Å². The standard InChI is InChI=1S/C12H15F2NO/c1-3-8(4-2)12(16)15-11-7-9(13)5-6-10(11)14/h5-8H,3-4H2,1-2H3,(H,15,16). The highest BCUT2D eigenvalue weighted by molar-refractivity contribution is 5.92. The fourth-order valence-corrected chi connectivity index (χ4v) is 1.49. The quantitative estimate of drug-likeness (QED) is 0.839. The van der Waals surface area contributed by atoms with E-state index in [1.807, 2.05) is 13.8 Å². The van der Waals surface area contributed by atoms with Crippen molar-refractivity contribution in [1.82, 2.24) is 0 Å². The summed E-state index contributed by atoms with van der Waals surface area (Å²) in [6.45, 7) is 3.77. The van der Waals surface area contributed by atoms with Gasteiger partial charge in [0.05, 0.1) is 5.69 Å². The maximum atomic E-state index is 13.2. The number of benzene rings is 1. The fourth-order valence-electron chi connectivity index (χ4n) is 1.49. The molecule has 0 unspecified atom stereocenters. The Morgan fingerprint density at radius 1 is 1.31 bits per heavy atom. The smallest absolute Gasteiger partial charge is 0.227 e. The van der Waals surface area contributed by atoms with Gasteiger partial charge in [0.1, 0.15) is 11.6 Å². The molecule has 0 spiro atoms. The molecule has 1 aromatic rings. The van der Waals surface area contributed by atoms with Gasteiger partial charge in [-0.25, -0.2) is 8.78 Å². The van der Waals surface area contributed by atoms with Gasteiger partial charge in [-0.05, 0) is 25.0 Å². The highest BCUT2D eigenvalue weighted by Gasteiger charge is 2.15. The molecular formula is C12H15F2NO. The number of carbonyl (C=O) groups is 1. The maximum Gasteiger partial charge on any atom is 0.227 e. The van der Waals surface area contributed by atoms with Gasteiger partial charge in [-0.1, -0.05) is 13.8 Å². The predicted molar refractivity (Wildman–Crippen MR) is 59.1 cm³/mol. The number of hydrogen-bond donors (Lipinski definition) is 1. The van der Waals surface area contributed by atoms with E-state index >= 15 is 0 Å².